The van der Waals surface area contributed by atoms with Crippen molar-refractivity contribution in [2.24, 2.45) is 0 Å². The molecule has 3 nitrogen and oxygen atoms in total. The first-order chi connectivity index (χ1) is 8.69. The Balaban J connectivity index is 1.97. The van der Waals surface area contributed by atoms with Crippen LogP contribution >= 0.6 is 43.2 Å². The maximum absolute atomic E-state index is 5.74. The molecule has 0 amide bonds. The number of thiazole rings is 1. The predicted molar refractivity (Wildman–Crippen MR) is 82.5 cm³/mol. The summed E-state index contributed by atoms with van der Waals surface area (Å²) in [6, 6.07) is 5.85. The van der Waals surface area contributed by atoms with E-state index in [0.29, 0.717) is 6.61 Å². The number of benzene rings is 1. The number of ether oxygens (including phenoxy) is 1. The standard InChI is InChI=1S/C12H12Br2N2OS/c1-2-15-12-16-6-9(18-12)7-17-11-4-3-8(13)5-10(11)14/h3-6H,2,7H2,1H3,(H,15,16). The van der Waals surface area contributed by atoms with E-state index in [1.165, 1.54) is 0 Å². The lowest BCUT2D eigenvalue weighted by Gasteiger charge is -2.06. The first kappa shape index (κ1) is 13.8. The van der Waals surface area contributed by atoms with E-state index in [4.69, 9.17) is 4.74 Å². The quantitative estimate of drug-likeness (QED) is 0.803. The number of hydrogen-bond donors (Lipinski definition) is 1. The van der Waals surface area contributed by atoms with Crippen molar-refractivity contribution in [1.29, 1.82) is 0 Å². The van der Waals surface area contributed by atoms with Crippen LogP contribution in [0.1, 0.15) is 11.8 Å². The summed E-state index contributed by atoms with van der Waals surface area (Å²) in [4.78, 5) is 5.36. The SMILES string of the molecule is CCNc1ncc(COc2ccc(Br)cc2Br)s1. The summed E-state index contributed by atoms with van der Waals surface area (Å²) in [5.41, 5.74) is 0. The molecule has 0 aliphatic carbocycles. The lowest BCUT2D eigenvalue weighted by atomic mass is 10.3. The van der Waals surface area contributed by atoms with Crippen LogP contribution in [0, 0.1) is 0 Å². The third-order valence-electron chi connectivity index (χ3n) is 2.15. The zero-order valence-electron chi connectivity index (χ0n) is 9.74. The largest absolute Gasteiger partial charge is 0.487 e. The average molecular weight is 392 g/mol. The molecule has 0 spiro atoms. The maximum Gasteiger partial charge on any atom is 0.182 e. The molecule has 0 saturated carbocycles. The Morgan fingerprint density at radius 2 is 2.22 bits per heavy atom. The van der Waals surface area contributed by atoms with E-state index >= 15 is 0 Å². The fraction of sp³-hybridized carbons (Fsp3) is 0.250. The molecule has 1 N–H and O–H groups in total. The molecule has 2 rings (SSSR count). The molecule has 0 unspecified atom stereocenters. The van der Waals surface area contributed by atoms with E-state index in [1.807, 2.05) is 24.4 Å². The molecule has 0 saturated heterocycles. The molecule has 1 aromatic carbocycles. The average Bonchev–Trinajstić information content (AvgIpc) is 2.76. The number of nitrogens with one attached hydrogen (secondary N) is 1. The van der Waals surface area contributed by atoms with Crippen molar-refractivity contribution in [3.63, 3.8) is 0 Å². The van der Waals surface area contributed by atoms with Crippen molar-refractivity contribution >= 4 is 48.3 Å². The topological polar surface area (TPSA) is 34.2 Å². The molecule has 6 heteroatoms. The van der Waals surface area contributed by atoms with Gasteiger partial charge in [0.05, 0.1) is 9.35 Å². The van der Waals surface area contributed by atoms with Crippen molar-refractivity contribution in [3.05, 3.63) is 38.2 Å². The minimum Gasteiger partial charge on any atom is -0.487 e. The first-order valence-electron chi connectivity index (χ1n) is 5.45. The van der Waals surface area contributed by atoms with Gasteiger partial charge in [0, 0.05) is 17.2 Å². The second kappa shape index (κ2) is 6.54. The molecular formula is C12H12Br2N2OS. The third-order valence-corrected chi connectivity index (χ3v) is 4.19. The molecule has 0 atom stereocenters. The van der Waals surface area contributed by atoms with Crippen LogP contribution in [0.2, 0.25) is 0 Å². The number of halogens is 2. The summed E-state index contributed by atoms with van der Waals surface area (Å²) in [6.07, 6.45) is 1.84. The molecule has 1 heterocycles. The molecule has 0 aliphatic heterocycles. The highest BCUT2D eigenvalue weighted by atomic mass is 79.9. The Bertz CT molecular complexity index is 531. The monoisotopic (exact) mass is 390 g/mol. The van der Waals surface area contributed by atoms with Crippen molar-refractivity contribution in [3.8, 4) is 5.75 Å². The van der Waals surface area contributed by atoms with Crippen LogP contribution in [0.3, 0.4) is 0 Å². The highest BCUT2D eigenvalue weighted by molar-refractivity contribution is 9.11. The highest BCUT2D eigenvalue weighted by Gasteiger charge is 2.05. The van der Waals surface area contributed by atoms with Gasteiger partial charge in [-0.15, -0.1) is 0 Å². The zero-order valence-corrected chi connectivity index (χ0v) is 13.7. The molecule has 0 radical (unpaired) electrons. The summed E-state index contributed by atoms with van der Waals surface area (Å²) >= 11 is 8.50. The summed E-state index contributed by atoms with van der Waals surface area (Å²) in [5.74, 6) is 0.830. The van der Waals surface area contributed by atoms with Crippen molar-refractivity contribution < 1.29 is 4.74 Å². The van der Waals surface area contributed by atoms with Crippen LogP contribution in [-0.2, 0) is 6.61 Å². The normalized spacial score (nSPS) is 10.4. The van der Waals surface area contributed by atoms with Gasteiger partial charge in [-0.1, -0.05) is 27.3 Å². The van der Waals surface area contributed by atoms with Gasteiger partial charge >= 0.3 is 0 Å². The van der Waals surface area contributed by atoms with Crippen LogP contribution in [-0.4, -0.2) is 11.5 Å². The van der Waals surface area contributed by atoms with Gasteiger partial charge in [-0.2, -0.15) is 0 Å². The molecule has 2 aromatic rings. The van der Waals surface area contributed by atoms with E-state index in [2.05, 4.69) is 49.1 Å². The van der Waals surface area contributed by atoms with Gasteiger partial charge in [0.2, 0.25) is 0 Å². The predicted octanol–water partition coefficient (Wildman–Crippen LogP) is 4.68. The lowest BCUT2D eigenvalue weighted by molar-refractivity contribution is 0.307. The highest BCUT2D eigenvalue weighted by Crippen LogP contribution is 2.29. The molecule has 0 fully saturated rings. The second-order valence-corrected chi connectivity index (χ2v) is 6.41. The molecule has 0 bridgehead atoms. The fourth-order valence-electron chi connectivity index (χ4n) is 1.35. The summed E-state index contributed by atoms with van der Waals surface area (Å²) in [5, 5.41) is 4.12. The van der Waals surface area contributed by atoms with Crippen LogP contribution < -0.4 is 10.1 Å². The van der Waals surface area contributed by atoms with Crippen LogP contribution in [0.4, 0.5) is 5.13 Å². The van der Waals surface area contributed by atoms with E-state index < -0.39 is 0 Å². The van der Waals surface area contributed by atoms with Crippen LogP contribution in [0.25, 0.3) is 0 Å². The van der Waals surface area contributed by atoms with Gasteiger partial charge in [0.1, 0.15) is 12.4 Å². The number of aromatic nitrogens is 1. The smallest absolute Gasteiger partial charge is 0.182 e. The van der Waals surface area contributed by atoms with Crippen LogP contribution in [0.5, 0.6) is 5.75 Å². The Labute approximate surface area is 127 Å². The molecule has 0 aliphatic rings. The lowest BCUT2D eigenvalue weighted by Crippen LogP contribution is -1.94. The number of hydrogen-bond acceptors (Lipinski definition) is 4. The van der Waals surface area contributed by atoms with Crippen molar-refractivity contribution in [2.45, 2.75) is 13.5 Å². The third kappa shape index (κ3) is 3.70. The van der Waals surface area contributed by atoms with Crippen molar-refractivity contribution in [2.75, 3.05) is 11.9 Å². The number of anilines is 1. The number of nitrogens with zero attached hydrogens (tertiary/aromatic N) is 1. The molecule has 96 valence electrons. The Kier molecular flexibility index (Phi) is 5.03. The number of rotatable bonds is 5. The van der Waals surface area contributed by atoms with Crippen LogP contribution in [0.15, 0.2) is 33.3 Å². The van der Waals surface area contributed by atoms with Gasteiger partial charge in [0.25, 0.3) is 0 Å². The van der Waals surface area contributed by atoms with E-state index in [0.717, 1.165) is 31.2 Å². The zero-order chi connectivity index (χ0) is 13.0. The summed E-state index contributed by atoms with van der Waals surface area (Å²) in [7, 11) is 0. The Morgan fingerprint density at radius 1 is 1.39 bits per heavy atom. The minimum absolute atomic E-state index is 0.531. The fourth-order valence-corrected chi connectivity index (χ4v) is 3.30. The first-order valence-corrected chi connectivity index (χ1v) is 7.85. The van der Waals surface area contributed by atoms with Gasteiger partial charge < -0.3 is 10.1 Å². The van der Waals surface area contributed by atoms with E-state index in [9.17, 15) is 0 Å². The Morgan fingerprint density at radius 3 is 2.94 bits per heavy atom. The van der Waals surface area contributed by atoms with E-state index in [-0.39, 0.29) is 0 Å². The molecule has 18 heavy (non-hydrogen) atoms. The van der Waals surface area contributed by atoms with Crippen molar-refractivity contribution in [1.82, 2.24) is 4.98 Å². The van der Waals surface area contributed by atoms with Gasteiger partial charge in [-0.25, -0.2) is 4.98 Å². The maximum atomic E-state index is 5.74. The van der Waals surface area contributed by atoms with E-state index in [1.54, 1.807) is 11.3 Å². The summed E-state index contributed by atoms with van der Waals surface area (Å²) in [6.45, 7) is 3.46. The summed E-state index contributed by atoms with van der Waals surface area (Å²) < 4.78 is 7.70. The van der Waals surface area contributed by atoms with Gasteiger partial charge in [-0.05, 0) is 41.1 Å². The second-order valence-electron chi connectivity index (χ2n) is 3.53. The molecule has 1 aromatic heterocycles. The molecular weight excluding hydrogens is 380 g/mol. The van der Waals surface area contributed by atoms with Gasteiger partial charge in [-0.3, -0.25) is 0 Å². The van der Waals surface area contributed by atoms with Gasteiger partial charge in [0.15, 0.2) is 5.13 Å². The minimum atomic E-state index is 0.531. The Hall–Kier alpha value is -0.590.